The molecule has 2 aromatic heterocycles. The number of rotatable bonds is 10. The van der Waals surface area contributed by atoms with E-state index < -0.39 is 0 Å². The normalized spacial score (nSPS) is 13.3. The van der Waals surface area contributed by atoms with Gasteiger partial charge in [-0.25, -0.2) is 9.07 Å². The molecule has 0 spiro atoms. The standard InChI is InChI=1S/C30H29FN6O3/c1-2-26(29-33-34-35-37(29)17-21-8-10-24(31)11-9-21)36(13-12-20-6-4-3-5-7-20)18-23-14-22-15-27-28(40-19-39-27)16-25(22)32-30(23)38/h3-11,14-16,26H,2,12-13,17-19H2,1H3,(H,32,38). The molecular weight excluding hydrogens is 511 g/mol. The highest BCUT2D eigenvalue weighted by atomic mass is 19.1. The zero-order valence-corrected chi connectivity index (χ0v) is 22.1. The molecule has 40 heavy (non-hydrogen) atoms. The molecule has 3 aromatic carbocycles. The van der Waals surface area contributed by atoms with Crippen molar-refractivity contribution in [3.05, 3.63) is 111 Å². The summed E-state index contributed by atoms with van der Waals surface area (Å²) >= 11 is 0. The molecule has 1 atom stereocenters. The lowest BCUT2D eigenvalue weighted by Crippen LogP contribution is -2.34. The Bertz CT molecular complexity index is 1670. The van der Waals surface area contributed by atoms with Crippen molar-refractivity contribution in [2.75, 3.05) is 13.3 Å². The maximum atomic E-state index is 13.5. The van der Waals surface area contributed by atoms with Crippen LogP contribution in [0.15, 0.2) is 77.6 Å². The van der Waals surface area contributed by atoms with E-state index in [-0.39, 0.29) is 24.2 Å². The molecule has 204 valence electrons. The van der Waals surface area contributed by atoms with E-state index >= 15 is 0 Å². The smallest absolute Gasteiger partial charge is 0.252 e. The van der Waals surface area contributed by atoms with Crippen LogP contribution in [0.25, 0.3) is 10.9 Å². The van der Waals surface area contributed by atoms with Crippen LogP contribution in [-0.4, -0.2) is 43.4 Å². The zero-order valence-electron chi connectivity index (χ0n) is 22.1. The highest BCUT2D eigenvalue weighted by Crippen LogP contribution is 2.35. The average molecular weight is 541 g/mol. The molecule has 1 aliphatic rings. The lowest BCUT2D eigenvalue weighted by atomic mass is 10.1. The van der Waals surface area contributed by atoms with Crippen LogP contribution in [-0.2, 0) is 19.5 Å². The molecule has 1 unspecified atom stereocenters. The molecular formula is C30H29FN6O3. The van der Waals surface area contributed by atoms with Crippen LogP contribution in [0.3, 0.4) is 0 Å². The number of fused-ring (bicyclic) bond motifs is 2. The predicted molar refractivity (Wildman–Crippen MR) is 148 cm³/mol. The van der Waals surface area contributed by atoms with Gasteiger partial charge in [0.15, 0.2) is 17.3 Å². The Hall–Kier alpha value is -4.57. The third-order valence-corrected chi connectivity index (χ3v) is 7.25. The van der Waals surface area contributed by atoms with Crippen molar-refractivity contribution in [2.24, 2.45) is 0 Å². The number of nitrogens with one attached hydrogen (secondary N) is 1. The van der Waals surface area contributed by atoms with Gasteiger partial charge in [-0.3, -0.25) is 9.69 Å². The topological polar surface area (TPSA) is 98.2 Å². The summed E-state index contributed by atoms with van der Waals surface area (Å²) < 4.78 is 26.2. The first-order valence-electron chi connectivity index (χ1n) is 13.3. The first kappa shape index (κ1) is 25.7. The van der Waals surface area contributed by atoms with Crippen molar-refractivity contribution < 1.29 is 13.9 Å². The molecule has 0 bridgehead atoms. The zero-order chi connectivity index (χ0) is 27.5. The van der Waals surface area contributed by atoms with E-state index in [0.29, 0.717) is 48.0 Å². The van der Waals surface area contributed by atoms with Crippen LogP contribution >= 0.6 is 0 Å². The quantitative estimate of drug-likeness (QED) is 0.276. The summed E-state index contributed by atoms with van der Waals surface area (Å²) in [5.41, 5.74) is 3.27. The number of tetrazole rings is 1. The number of benzene rings is 3. The lowest BCUT2D eigenvalue weighted by Gasteiger charge is -2.30. The Labute approximate surface area is 230 Å². The van der Waals surface area contributed by atoms with Crippen molar-refractivity contribution in [2.45, 2.75) is 38.9 Å². The molecule has 3 heterocycles. The van der Waals surface area contributed by atoms with Crippen LogP contribution in [0.4, 0.5) is 4.39 Å². The molecule has 0 saturated heterocycles. The summed E-state index contributed by atoms with van der Waals surface area (Å²) in [5, 5.41) is 13.5. The minimum atomic E-state index is -0.288. The Morgan fingerprint density at radius 3 is 2.58 bits per heavy atom. The van der Waals surface area contributed by atoms with Crippen molar-refractivity contribution in [3.63, 3.8) is 0 Å². The molecule has 0 fully saturated rings. The van der Waals surface area contributed by atoms with Gasteiger partial charge in [-0.1, -0.05) is 49.4 Å². The highest BCUT2D eigenvalue weighted by molar-refractivity contribution is 5.83. The van der Waals surface area contributed by atoms with E-state index in [1.807, 2.05) is 30.3 Å². The second kappa shape index (κ2) is 11.3. The minimum absolute atomic E-state index is 0.156. The van der Waals surface area contributed by atoms with E-state index in [0.717, 1.165) is 23.8 Å². The van der Waals surface area contributed by atoms with Crippen LogP contribution in [0, 0.1) is 5.82 Å². The van der Waals surface area contributed by atoms with Gasteiger partial charge in [-0.15, -0.1) is 5.10 Å². The summed E-state index contributed by atoms with van der Waals surface area (Å²) in [6.45, 7) is 3.75. The number of ether oxygens (including phenoxy) is 2. The predicted octanol–water partition coefficient (Wildman–Crippen LogP) is 4.63. The second-order valence-corrected chi connectivity index (χ2v) is 9.87. The summed E-state index contributed by atoms with van der Waals surface area (Å²) in [7, 11) is 0. The van der Waals surface area contributed by atoms with Gasteiger partial charge < -0.3 is 14.5 Å². The molecule has 5 aromatic rings. The first-order valence-corrected chi connectivity index (χ1v) is 13.3. The average Bonchev–Trinajstić information content (AvgIpc) is 3.62. The molecule has 1 aliphatic heterocycles. The summed E-state index contributed by atoms with van der Waals surface area (Å²) in [6.07, 6.45) is 1.52. The molecule has 0 aliphatic carbocycles. The fourth-order valence-corrected chi connectivity index (χ4v) is 5.17. The van der Waals surface area contributed by atoms with Crippen LogP contribution in [0.1, 0.15) is 41.9 Å². The van der Waals surface area contributed by atoms with Gasteiger partial charge in [-0.2, -0.15) is 0 Å². The summed E-state index contributed by atoms with van der Waals surface area (Å²) in [5.74, 6) is 1.70. The van der Waals surface area contributed by atoms with Crippen LogP contribution in [0.5, 0.6) is 11.5 Å². The van der Waals surface area contributed by atoms with Gasteiger partial charge in [0, 0.05) is 30.1 Å². The third-order valence-electron chi connectivity index (χ3n) is 7.25. The number of H-pyrrole nitrogens is 1. The van der Waals surface area contributed by atoms with Crippen LogP contribution < -0.4 is 15.0 Å². The number of hydrogen-bond acceptors (Lipinski definition) is 7. The molecule has 0 radical (unpaired) electrons. The van der Waals surface area contributed by atoms with E-state index in [2.05, 4.69) is 44.5 Å². The van der Waals surface area contributed by atoms with E-state index in [9.17, 15) is 9.18 Å². The number of pyridine rings is 1. The van der Waals surface area contributed by atoms with Crippen molar-refractivity contribution in [1.82, 2.24) is 30.1 Å². The van der Waals surface area contributed by atoms with Crippen molar-refractivity contribution in [1.29, 1.82) is 0 Å². The Balaban J connectivity index is 1.33. The Morgan fingerprint density at radius 1 is 1.02 bits per heavy atom. The number of halogens is 1. The minimum Gasteiger partial charge on any atom is -0.454 e. The van der Waals surface area contributed by atoms with E-state index in [1.54, 1.807) is 22.9 Å². The second-order valence-electron chi connectivity index (χ2n) is 9.87. The molecule has 10 heteroatoms. The number of aromatic amines is 1. The van der Waals surface area contributed by atoms with E-state index in [1.165, 1.54) is 17.7 Å². The van der Waals surface area contributed by atoms with Crippen molar-refractivity contribution in [3.8, 4) is 11.5 Å². The van der Waals surface area contributed by atoms with E-state index in [4.69, 9.17) is 9.47 Å². The number of aromatic nitrogens is 5. The van der Waals surface area contributed by atoms with Crippen molar-refractivity contribution >= 4 is 10.9 Å². The largest absolute Gasteiger partial charge is 0.454 e. The van der Waals surface area contributed by atoms with Gasteiger partial charge in [0.25, 0.3) is 5.56 Å². The SMILES string of the molecule is CCC(c1nnnn1Cc1ccc(F)cc1)N(CCc1ccccc1)Cc1cc2cc3c(cc2[nH]c1=O)OCO3. The Morgan fingerprint density at radius 2 is 1.80 bits per heavy atom. The maximum absolute atomic E-state index is 13.5. The molecule has 0 saturated carbocycles. The van der Waals surface area contributed by atoms with Gasteiger partial charge in [0.1, 0.15) is 5.82 Å². The Kier molecular flexibility index (Phi) is 7.24. The number of nitrogens with zero attached hydrogens (tertiary/aromatic N) is 5. The number of hydrogen-bond donors (Lipinski definition) is 1. The summed E-state index contributed by atoms with van der Waals surface area (Å²) in [6, 6.07) is 22.0. The fraction of sp³-hybridized carbons (Fsp3) is 0.267. The van der Waals surface area contributed by atoms with Gasteiger partial charge in [0.05, 0.1) is 18.1 Å². The van der Waals surface area contributed by atoms with Gasteiger partial charge in [-0.05, 0) is 58.7 Å². The summed E-state index contributed by atoms with van der Waals surface area (Å²) in [4.78, 5) is 18.5. The maximum Gasteiger partial charge on any atom is 0.252 e. The molecule has 0 amide bonds. The molecule has 6 rings (SSSR count). The first-order chi connectivity index (χ1) is 19.6. The monoisotopic (exact) mass is 540 g/mol. The van der Waals surface area contributed by atoms with Gasteiger partial charge in [0.2, 0.25) is 6.79 Å². The fourth-order valence-electron chi connectivity index (χ4n) is 5.17. The van der Waals surface area contributed by atoms with Crippen LogP contribution in [0.2, 0.25) is 0 Å². The van der Waals surface area contributed by atoms with Gasteiger partial charge >= 0.3 is 0 Å². The lowest BCUT2D eigenvalue weighted by molar-refractivity contribution is 0.172. The molecule has 9 nitrogen and oxygen atoms in total. The third kappa shape index (κ3) is 5.43. The molecule has 1 N–H and O–H groups in total. The highest BCUT2D eigenvalue weighted by Gasteiger charge is 2.26.